The zero-order valence-electron chi connectivity index (χ0n) is 11.7. The number of halogens is 1. The van der Waals surface area contributed by atoms with Crippen molar-refractivity contribution in [1.29, 1.82) is 0 Å². The standard InChI is InChI=1S/C13H13FN2O4S2/c1-8-4-9(14)2-3-11(8)22(19,20)15-5-10(6-15)16-12(17)7-21-13(16)18/h2-4,10H,5-7H2,1H3. The van der Waals surface area contributed by atoms with Gasteiger partial charge in [-0.1, -0.05) is 11.8 Å². The first-order valence-corrected chi connectivity index (χ1v) is 8.98. The van der Waals surface area contributed by atoms with Gasteiger partial charge in [-0.05, 0) is 30.7 Å². The molecular weight excluding hydrogens is 331 g/mol. The van der Waals surface area contributed by atoms with Crippen molar-refractivity contribution in [2.24, 2.45) is 0 Å². The number of sulfonamides is 1. The Hall–Kier alpha value is -1.45. The Labute approximate surface area is 131 Å². The minimum Gasteiger partial charge on any atom is -0.273 e. The molecule has 0 bridgehead atoms. The number of imide groups is 1. The van der Waals surface area contributed by atoms with Gasteiger partial charge in [-0.3, -0.25) is 14.5 Å². The summed E-state index contributed by atoms with van der Waals surface area (Å²) in [6, 6.07) is 3.08. The molecule has 2 amide bonds. The Bertz CT molecular complexity index is 743. The predicted molar refractivity (Wildman–Crippen MR) is 78.4 cm³/mol. The first-order valence-electron chi connectivity index (χ1n) is 6.56. The van der Waals surface area contributed by atoms with Crippen LogP contribution in [-0.2, 0) is 14.8 Å². The van der Waals surface area contributed by atoms with Crippen LogP contribution in [0.15, 0.2) is 23.1 Å². The van der Waals surface area contributed by atoms with Crippen molar-refractivity contribution in [3.63, 3.8) is 0 Å². The van der Waals surface area contributed by atoms with Gasteiger partial charge in [0.15, 0.2) is 0 Å². The quantitative estimate of drug-likeness (QED) is 0.824. The third-order valence-electron chi connectivity index (χ3n) is 3.73. The van der Waals surface area contributed by atoms with Crippen LogP contribution in [0.2, 0.25) is 0 Å². The van der Waals surface area contributed by atoms with Crippen molar-refractivity contribution in [2.45, 2.75) is 17.9 Å². The van der Waals surface area contributed by atoms with Crippen molar-refractivity contribution < 1.29 is 22.4 Å². The summed E-state index contributed by atoms with van der Waals surface area (Å²) in [7, 11) is -3.74. The zero-order valence-corrected chi connectivity index (χ0v) is 13.3. The van der Waals surface area contributed by atoms with Crippen LogP contribution >= 0.6 is 11.8 Å². The van der Waals surface area contributed by atoms with Crippen LogP contribution in [0.4, 0.5) is 9.18 Å². The van der Waals surface area contributed by atoms with Gasteiger partial charge in [0.1, 0.15) is 5.82 Å². The van der Waals surface area contributed by atoms with E-state index in [1.165, 1.54) is 17.3 Å². The summed E-state index contributed by atoms with van der Waals surface area (Å²) in [6.07, 6.45) is 0. The molecule has 1 aromatic carbocycles. The number of nitrogens with zero attached hydrogens (tertiary/aromatic N) is 2. The summed E-state index contributed by atoms with van der Waals surface area (Å²) >= 11 is 0.928. The van der Waals surface area contributed by atoms with Gasteiger partial charge in [-0.15, -0.1) is 0 Å². The highest BCUT2D eigenvalue weighted by atomic mass is 32.2. The molecule has 1 aromatic rings. The molecule has 22 heavy (non-hydrogen) atoms. The van der Waals surface area contributed by atoms with Crippen molar-refractivity contribution in [2.75, 3.05) is 18.8 Å². The number of rotatable bonds is 3. The number of hydrogen-bond acceptors (Lipinski definition) is 5. The molecular formula is C13H13FN2O4S2. The minimum absolute atomic E-state index is 0.0424. The van der Waals surface area contributed by atoms with Gasteiger partial charge >= 0.3 is 0 Å². The van der Waals surface area contributed by atoms with E-state index >= 15 is 0 Å². The lowest BCUT2D eigenvalue weighted by molar-refractivity contribution is -0.127. The van der Waals surface area contributed by atoms with Crippen molar-refractivity contribution in [1.82, 2.24) is 9.21 Å². The largest absolute Gasteiger partial charge is 0.289 e. The number of aryl methyl sites for hydroxylation is 1. The molecule has 6 nitrogen and oxygen atoms in total. The Kier molecular flexibility index (Phi) is 3.74. The van der Waals surface area contributed by atoms with Crippen molar-refractivity contribution in [3.05, 3.63) is 29.6 Å². The summed E-state index contributed by atoms with van der Waals surface area (Å²) in [5.74, 6) is -0.669. The summed E-state index contributed by atoms with van der Waals surface area (Å²) in [6.45, 7) is 1.69. The number of carbonyl (C=O) groups is 2. The number of hydrogen-bond donors (Lipinski definition) is 0. The summed E-state index contributed by atoms with van der Waals surface area (Å²) in [4.78, 5) is 24.4. The number of benzene rings is 1. The van der Waals surface area contributed by atoms with E-state index in [9.17, 15) is 22.4 Å². The maximum atomic E-state index is 13.1. The van der Waals surface area contributed by atoms with Gasteiger partial charge < -0.3 is 0 Å². The van der Waals surface area contributed by atoms with Gasteiger partial charge in [-0.2, -0.15) is 4.31 Å². The second kappa shape index (κ2) is 5.32. The number of carbonyl (C=O) groups excluding carboxylic acids is 2. The summed E-state index contributed by atoms with van der Waals surface area (Å²) in [5.41, 5.74) is 0.326. The first-order chi connectivity index (χ1) is 10.3. The van der Waals surface area contributed by atoms with Crippen LogP contribution in [0.5, 0.6) is 0 Å². The molecule has 0 aliphatic carbocycles. The van der Waals surface area contributed by atoms with Crippen LogP contribution in [-0.4, -0.2) is 53.7 Å². The van der Waals surface area contributed by atoms with Crippen molar-refractivity contribution in [3.8, 4) is 0 Å². The van der Waals surface area contributed by atoms with Gasteiger partial charge in [0.2, 0.25) is 15.9 Å². The SMILES string of the molecule is Cc1cc(F)ccc1S(=O)(=O)N1CC(N2C(=O)CSC2=O)C1. The molecule has 0 unspecified atom stereocenters. The van der Waals surface area contributed by atoms with Gasteiger partial charge in [0, 0.05) is 13.1 Å². The fourth-order valence-corrected chi connectivity index (χ4v) is 5.03. The van der Waals surface area contributed by atoms with E-state index in [1.807, 2.05) is 0 Å². The van der Waals surface area contributed by atoms with Crippen molar-refractivity contribution >= 4 is 32.9 Å². The molecule has 0 N–H and O–H groups in total. The average Bonchev–Trinajstić information content (AvgIpc) is 2.68. The molecule has 2 heterocycles. The van der Waals surface area contributed by atoms with Crippen LogP contribution in [0.3, 0.4) is 0 Å². The average molecular weight is 344 g/mol. The molecule has 9 heteroatoms. The van der Waals surface area contributed by atoms with E-state index in [4.69, 9.17) is 0 Å². The Morgan fingerprint density at radius 1 is 1.27 bits per heavy atom. The molecule has 2 fully saturated rings. The third-order valence-corrected chi connectivity index (χ3v) is 6.56. The molecule has 118 valence electrons. The lowest BCUT2D eigenvalue weighted by atomic mass is 10.1. The van der Waals surface area contributed by atoms with Gasteiger partial charge in [-0.25, -0.2) is 12.8 Å². The highest BCUT2D eigenvalue weighted by Gasteiger charge is 2.46. The zero-order chi connectivity index (χ0) is 16.1. The first kappa shape index (κ1) is 15.4. The second-order valence-electron chi connectivity index (χ2n) is 5.20. The molecule has 0 atom stereocenters. The topological polar surface area (TPSA) is 74.8 Å². The predicted octanol–water partition coefficient (Wildman–Crippen LogP) is 1.20. The Morgan fingerprint density at radius 2 is 1.95 bits per heavy atom. The van der Waals surface area contributed by atoms with E-state index in [0.717, 1.165) is 28.8 Å². The summed E-state index contributed by atoms with van der Waals surface area (Å²) < 4.78 is 39.2. The van der Waals surface area contributed by atoms with Crippen LogP contribution in [0.25, 0.3) is 0 Å². The molecule has 2 saturated heterocycles. The van der Waals surface area contributed by atoms with Crippen LogP contribution < -0.4 is 0 Å². The van der Waals surface area contributed by atoms with E-state index in [2.05, 4.69) is 0 Å². The number of thioether (sulfide) groups is 1. The normalized spacial score (nSPS) is 20.5. The number of amides is 2. The molecule has 0 radical (unpaired) electrons. The fraction of sp³-hybridized carbons (Fsp3) is 0.385. The summed E-state index contributed by atoms with van der Waals surface area (Å²) in [5, 5.41) is -0.329. The maximum Gasteiger partial charge on any atom is 0.289 e. The molecule has 2 aliphatic rings. The highest BCUT2D eigenvalue weighted by molar-refractivity contribution is 8.14. The smallest absolute Gasteiger partial charge is 0.273 e. The molecule has 0 spiro atoms. The van der Waals surface area contributed by atoms with E-state index < -0.39 is 21.9 Å². The Balaban J connectivity index is 1.77. The molecule has 0 saturated carbocycles. The monoisotopic (exact) mass is 344 g/mol. The minimum atomic E-state index is -3.74. The molecule has 2 aliphatic heterocycles. The maximum absolute atomic E-state index is 13.1. The fourth-order valence-electron chi connectivity index (χ4n) is 2.53. The lowest BCUT2D eigenvalue weighted by Gasteiger charge is -2.41. The lowest BCUT2D eigenvalue weighted by Crippen LogP contribution is -2.61. The molecule has 0 aromatic heterocycles. The van der Waals surface area contributed by atoms with Crippen LogP contribution in [0, 0.1) is 12.7 Å². The third kappa shape index (κ3) is 2.42. The molecule has 3 rings (SSSR count). The Morgan fingerprint density at radius 3 is 2.50 bits per heavy atom. The van der Waals surface area contributed by atoms with E-state index in [-0.39, 0.29) is 34.9 Å². The van der Waals surface area contributed by atoms with Crippen LogP contribution in [0.1, 0.15) is 5.56 Å². The van der Waals surface area contributed by atoms with Gasteiger partial charge in [0.25, 0.3) is 5.24 Å². The highest BCUT2D eigenvalue weighted by Crippen LogP contribution is 2.30. The van der Waals surface area contributed by atoms with Gasteiger partial charge in [0.05, 0.1) is 16.7 Å². The van der Waals surface area contributed by atoms with E-state index in [0.29, 0.717) is 5.56 Å². The van der Waals surface area contributed by atoms with E-state index in [1.54, 1.807) is 0 Å². The second-order valence-corrected chi connectivity index (χ2v) is 8.04.